The smallest absolute Gasteiger partial charge is 0.413 e. The molecule has 1 aliphatic heterocycles. The van der Waals surface area contributed by atoms with Gasteiger partial charge in [-0.2, -0.15) is 0 Å². The van der Waals surface area contributed by atoms with Crippen LogP contribution >= 0.6 is 0 Å². The molecule has 0 radical (unpaired) electrons. The number of aliphatic imine (C=N–C) groups is 1. The van der Waals surface area contributed by atoms with Gasteiger partial charge in [0.15, 0.2) is 5.82 Å². The summed E-state index contributed by atoms with van der Waals surface area (Å²) in [7, 11) is 0. The van der Waals surface area contributed by atoms with E-state index in [1.54, 1.807) is 18.6 Å². The zero-order valence-electron chi connectivity index (χ0n) is 8.14. The molecule has 0 saturated carbocycles. The number of nitrogens with zero attached hydrogens (tertiary/aromatic N) is 2. The van der Waals surface area contributed by atoms with E-state index in [9.17, 15) is 4.79 Å². The second-order valence-corrected chi connectivity index (χ2v) is 3.09. The van der Waals surface area contributed by atoms with Crippen LogP contribution in [-0.4, -0.2) is 23.9 Å². The first kappa shape index (κ1) is 9.72. The van der Waals surface area contributed by atoms with Gasteiger partial charge in [-0.15, -0.1) is 0 Å². The van der Waals surface area contributed by atoms with E-state index in [0.717, 1.165) is 0 Å². The summed E-state index contributed by atoms with van der Waals surface area (Å²) in [6, 6.07) is 0. The van der Waals surface area contributed by atoms with E-state index in [1.807, 2.05) is 0 Å². The molecule has 0 bridgehead atoms. The van der Waals surface area contributed by atoms with Crippen LogP contribution in [-0.2, 0) is 6.42 Å². The molecule has 0 saturated heterocycles. The number of nitrogens with two attached hydrogens (primary N) is 1. The predicted molar refractivity (Wildman–Crippen MR) is 56.5 cm³/mol. The summed E-state index contributed by atoms with van der Waals surface area (Å²) in [5.41, 5.74) is 5.37. The molecule has 80 valence electrons. The van der Waals surface area contributed by atoms with Gasteiger partial charge >= 0.3 is 5.76 Å². The minimum absolute atomic E-state index is 0.439. The number of aromatic nitrogens is 1. The van der Waals surface area contributed by atoms with Crippen LogP contribution in [0.25, 0.3) is 5.82 Å². The van der Waals surface area contributed by atoms with Gasteiger partial charge in [0.05, 0.1) is 6.20 Å². The molecule has 0 atom stereocenters. The zero-order valence-corrected chi connectivity index (χ0v) is 8.14. The Morgan fingerprint density at radius 1 is 1.67 bits per heavy atom. The maximum atomic E-state index is 11.4. The van der Waals surface area contributed by atoms with Crippen molar-refractivity contribution in [1.82, 2.24) is 9.88 Å². The fourth-order valence-electron chi connectivity index (χ4n) is 1.31. The maximum Gasteiger partial charge on any atom is 0.425 e. The molecule has 0 unspecified atom stereocenters. The molecular formula is C9H12N4O2. The van der Waals surface area contributed by atoms with Gasteiger partial charge in [0.25, 0.3) is 0 Å². The van der Waals surface area contributed by atoms with Crippen LogP contribution in [0, 0.1) is 0 Å². The fraction of sp³-hybridized carbons (Fsp3) is 0.333. The fourth-order valence-corrected chi connectivity index (χ4v) is 1.31. The van der Waals surface area contributed by atoms with Gasteiger partial charge < -0.3 is 15.5 Å². The molecule has 2 rings (SSSR count). The van der Waals surface area contributed by atoms with Gasteiger partial charge in [-0.3, -0.25) is 0 Å². The highest BCUT2D eigenvalue weighted by Crippen LogP contribution is 2.06. The third kappa shape index (κ3) is 1.99. The third-order valence-electron chi connectivity index (χ3n) is 1.99. The van der Waals surface area contributed by atoms with E-state index in [1.165, 1.54) is 4.57 Å². The largest absolute Gasteiger partial charge is 0.425 e. The van der Waals surface area contributed by atoms with Crippen molar-refractivity contribution in [3.63, 3.8) is 0 Å². The molecule has 6 nitrogen and oxygen atoms in total. The van der Waals surface area contributed by atoms with Crippen LogP contribution in [0.15, 0.2) is 26.6 Å². The Bertz CT molecular complexity index is 455. The Morgan fingerprint density at radius 2 is 2.53 bits per heavy atom. The normalized spacial score (nSPS) is 14.9. The maximum absolute atomic E-state index is 11.4. The summed E-state index contributed by atoms with van der Waals surface area (Å²) in [4.78, 5) is 15.5. The SMILES string of the molecule is NCCc1cn(C2=CNCC=N2)c(=O)o1. The molecule has 0 fully saturated rings. The van der Waals surface area contributed by atoms with Crippen LogP contribution in [0.1, 0.15) is 5.76 Å². The van der Waals surface area contributed by atoms with E-state index in [2.05, 4.69) is 10.3 Å². The molecule has 15 heavy (non-hydrogen) atoms. The number of hydrogen-bond donors (Lipinski definition) is 2. The topological polar surface area (TPSA) is 85.5 Å². The van der Waals surface area contributed by atoms with Gasteiger partial charge in [0.1, 0.15) is 5.76 Å². The highest BCUT2D eigenvalue weighted by atomic mass is 16.4. The lowest BCUT2D eigenvalue weighted by Crippen LogP contribution is -2.19. The summed E-state index contributed by atoms with van der Waals surface area (Å²) < 4.78 is 6.35. The van der Waals surface area contributed by atoms with Crippen molar-refractivity contribution in [3.05, 3.63) is 28.7 Å². The summed E-state index contributed by atoms with van der Waals surface area (Å²) in [5, 5.41) is 2.96. The second kappa shape index (κ2) is 4.14. The average molecular weight is 208 g/mol. The summed E-state index contributed by atoms with van der Waals surface area (Å²) in [6.45, 7) is 1.12. The molecule has 1 aromatic rings. The lowest BCUT2D eigenvalue weighted by molar-refractivity contribution is 0.463. The third-order valence-corrected chi connectivity index (χ3v) is 1.99. The molecule has 6 heteroatoms. The molecular weight excluding hydrogens is 196 g/mol. The molecule has 0 aromatic carbocycles. The molecule has 2 heterocycles. The van der Waals surface area contributed by atoms with Crippen LogP contribution in [0.4, 0.5) is 0 Å². The Labute approximate surface area is 86.1 Å². The monoisotopic (exact) mass is 208 g/mol. The van der Waals surface area contributed by atoms with Gasteiger partial charge in [-0.25, -0.2) is 14.4 Å². The van der Waals surface area contributed by atoms with Gasteiger partial charge in [-0.05, 0) is 6.54 Å². The molecule has 0 spiro atoms. The van der Waals surface area contributed by atoms with Gasteiger partial charge in [0, 0.05) is 25.4 Å². The van der Waals surface area contributed by atoms with E-state index < -0.39 is 5.76 Å². The van der Waals surface area contributed by atoms with Crippen molar-refractivity contribution >= 4 is 12.0 Å². The van der Waals surface area contributed by atoms with Crippen LogP contribution < -0.4 is 16.8 Å². The minimum atomic E-state index is -0.439. The van der Waals surface area contributed by atoms with Crippen molar-refractivity contribution in [1.29, 1.82) is 0 Å². The van der Waals surface area contributed by atoms with Crippen molar-refractivity contribution in [2.75, 3.05) is 13.1 Å². The van der Waals surface area contributed by atoms with Crippen molar-refractivity contribution in [3.8, 4) is 0 Å². The number of nitrogens with one attached hydrogen (secondary N) is 1. The molecule has 1 aromatic heterocycles. The van der Waals surface area contributed by atoms with Crippen LogP contribution in [0.2, 0.25) is 0 Å². The van der Waals surface area contributed by atoms with Crippen LogP contribution in [0.5, 0.6) is 0 Å². The van der Waals surface area contributed by atoms with Crippen molar-refractivity contribution < 1.29 is 4.42 Å². The second-order valence-electron chi connectivity index (χ2n) is 3.09. The van der Waals surface area contributed by atoms with E-state index in [4.69, 9.17) is 10.2 Å². The first-order chi connectivity index (χ1) is 7.31. The zero-order chi connectivity index (χ0) is 10.7. The summed E-state index contributed by atoms with van der Waals surface area (Å²) >= 11 is 0. The molecule has 1 aliphatic rings. The highest BCUT2D eigenvalue weighted by molar-refractivity contribution is 5.69. The van der Waals surface area contributed by atoms with E-state index in [-0.39, 0.29) is 0 Å². The quantitative estimate of drug-likeness (QED) is 0.692. The molecule has 3 N–H and O–H groups in total. The minimum Gasteiger partial charge on any atom is -0.413 e. The highest BCUT2D eigenvalue weighted by Gasteiger charge is 2.09. The summed E-state index contributed by atoms with van der Waals surface area (Å²) in [5.74, 6) is 0.660. The van der Waals surface area contributed by atoms with Crippen molar-refractivity contribution in [2.24, 2.45) is 10.7 Å². The first-order valence-electron chi connectivity index (χ1n) is 4.69. The number of rotatable bonds is 3. The Kier molecular flexibility index (Phi) is 2.68. The lowest BCUT2D eigenvalue weighted by atomic mass is 10.4. The van der Waals surface area contributed by atoms with E-state index >= 15 is 0 Å². The number of oxazole rings is 1. The van der Waals surface area contributed by atoms with Gasteiger partial charge in [-0.1, -0.05) is 0 Å². The Hall–Kier alpha value is -1.82. The number of hydrogen-bond acceptors (Lipinski definition) is 5. The average Bonchev–Trinajstić information content (AvgIpc) is 2.61. The summed E-state index contributed by atoms with van der Waals surface area (Å²) in [6.07, 6.45) is 5.53. The molecule has 0 amide bonds. The standard InChI is InChI=1S/C9H12N4O2/c10-2-1-7-6-13(9(14)15-7)8-5-11-3-4-12-8/h4-6,11H,1-3,10H2. The van der Waals surface area contributed by atoms with E-state index in [0.29, 0.717) is 31.1 Å². The van der Waals surface area contributed by atoms with Crippen LogP contribution in [0.3, 0.4) is 0 Å². The molecule has 0 aliphatic carbocycles. The Morgan fingerprint density at radius 3 is 3.20 bits per heavy atom. The van der Waals surface area contributed by atoms with Crippen molar-refractivity contribution in [2.45, 2.75) is 6.42 Å². The Balaban J connectivity index is 2.31. The predicted octanol–water partition coefficient (Wildman–Crippen LogP) is -0.628. The lowest BCUT2D eigenvalue weighted by Gasteiger charge is -2.05. The van der Waals surface area contributed by atoms with Gasteiger partial charge in [0.2, 0.25) is 0 Å². The first-order valence-corrected chi connectivity index (χ1v) is 4.69.